The van der Waals surface area contributed by atoms with Gasteiger partial charge in [0, 0.05) is 17.8 Å². The maximum Gasteiger partial charge on any atom is 0.210 e. The number of carbonyl (C=O) groups is 1. The van der Waals surface area contributed by atoms with E-state index in [4.69, 9.17) is 4.74 Å². The summed E-state index contributed by atoms with van der Waals surface area (Å²) in [6.45, 7) is 0.739. The highest BCUT2D eigenvalue weighted by molar-refractivity contribution is 6.08. The van der Waals surface area contributed by atoms with E-state index in [0.717, 1.165) is 28.9 Å². The average Bonchev–Trinajstić information content (AvgIpc) is 3.30. The Morgan fingerprint density at radius 2 is 1.83 bits per heavy atom. The van der Waals surface area contributed by atoms with Crippen LogP contribution in [0.3, 0.4) is 0 Å². The zero-order valence-electron chi connectivity index (χ0n) is 19.8. The molecule has 2 heterocycles. The van der Waals surface area contributed by atoms with E-state index in [1.54, 1.807) is 30.3 Å². The van der Waals surface area contributed by atoms with Crippen molar-refractivity contribution in [1.82, 2.24) is 14.5 Å². The molecular formula is C28H25FN4O2. The van der Waals surface area contributed by atoms with Crippen LogP contribution in [0.5, 0.6) is 5.75 Å². The number of aliphatic imine (C=N–C) groups is 1. The van der Waals surface area contributed by atoms with Crippen molar-refractivity contribution in [2.24, 2.45) is 4.99 Å². The fourth-order valence-electron chi connectivity index (χ4n) is 4.40. The van der Waals surface area contributed by atoms with E-state index in [1.165, 1.54) is 6.07 Å². The van der Waals surface area contributed by atoms with Crippen molar-refractivity contribution < 1.29 is 13.9 Å². The number of halogens is 1. The number of carbonyl (C=O) groups excluding carboxylic acids is 1. The van der Waals surface area contributed by atoms with Gasteiger partial charge < -0.3 is 9.64 Å². The average molecular weight is 469 g/mol. The molecule has 0 N–H and O–H groups in total. The lowest BCUT2D eigenvalue weighted by Gasteiger charge is -2.19. The lowest BCUT2D eigenvalue weighted by molar-refractivity contribution is 0.0952. The first-order valence-corrected chi connectivity index (χ1v) is 11.3. The largest absolute Gasteiger partial charge is 0.497 e. The zero-order chi connectivity index (χ0) is 24.5. The van der Waals surface area contributed by atoms with Gasteiger partial charge in [-0.05, 0) is 61.1 Å². The van der Waals surface area contributed by atoms with Gasteiger partial charge in [-0.25, -0.2) is 9.37 Å². The SMILES string of the molecule is COc1ccc(-n2cnc3c2C(=O)C(c2ccc(-c4ccccc4CN(C)C)cc2F)N=C3)cc1. The molecule has 0 saturated carbocycles. The summed E-state index contributed by atoms with van der Waals surface area (Å²) in [5.41, 5.74) is 4.68. The van der Waals surface area contributed by atoms with Crippen molar-refractivity contribution in [2.45, 2.75) is 12.6 Å². The van der Waals surface area contributed by atoms with Gasteiger partial charge in [0.25, 0.3) is 0 Å². The summed E-state index contributed by atoms with van der Waals surface area (Å²) >= 11 is 0. The summed E-state index contributed by atoms with van der Waals surface area (Å²) in [4.78, 5) is 24.3. The van der Waals surface area contributed by atoms with Gasteiger partial charge in [-0.2, -0.15) is 0 Å². The van der Waals surface area contributed by atoms with Crippen molar-refractivity contribution in [3.63, 3.8) is 0 Å². The summed E-state index contributed by atoms with van der Waals surface area (Å²) in [6.07, 6.45) is 3.13. The molecule has 176 valence electrons. The molecule has 0 spiro atoms. The van der Waals surface area contributed by atoms with Gasteiger partial charge in [0.15, 0.2) is 0 Å². The number of ketones is 1. The Kier molecular flexibility index (Phi) is 6.01. The Hall–Kier alpha value is -4.10. The molecule has 0 amide bonds. The van der Waals surface area contributed by atoms with Gasteiger partial charge in [-0.1, -0.05) is 36.4 Å². The van der Waals surface area contributed by atoms with Crippen LogP contribution in [0.2, 0.25) is 0 Å². The number of hydrogen-bond acceptors (Lipinski definition) is 5. The van der Waals surface area contributed by atoms with Crippen molar-refractivity contribution in [3.05, 3.63) is 101 Å². The smallest absolute Gasteiger partial charge is 0.210 e. The highest BCUT2D eigenvalue weighted by Crippen LogP contribution is 2.33. The minimum atomic E-state index is -0.970. The van der Waals surface area contributed by atoms with Gasteiger partial charge in [0.05, 0.1) is 13.3 Å². The Labute approximate surface area is 203 Å². The molecule has 0 radical (unpaired) electrons. The maximum absolute atomic E-state index is 15.4. The molecule has 0 fully saturated rings. The van der Waals surface area contributed by atoms with E-state index in [9.17, 15) is 4.79 Å². The molecule has 5 rings (SSSR count). The van der Waals surface area contributed by atoms with Gasteiger partial charge in [0.2, 0.25) is 5.78 Å². The third-order valence-corrected chi connectivity index (χ3v) is 6.08. The fourth-order valence-corrected chi connectivity index (χ4v) is 4.40. The van der Waals surface area contributed by atoms with Crippen LogP contribution >= 0.6 is 0 Å². The summed E-state index contributed by atoms with van der Waals surface area (Å²) in [7, 11) is 5.59. The number of fused-ring (bicyclic) bond motifs is 1. The molecule has 1 aliphatic rings. The van der Waals surface area contributed by atoms with Gasteiger partial charge in [-0.3, -0.25) is 14.4 Å². The number of methoxy groups -OCH3 is 1. The predicted molar refractivity (Wildman–Crippen MR) is 134 cm³/mol. The van der Waals surface area contributed by atoms with Gasteiger partial charge in [-0.15, -0.1) is 0 Å². The van der Waals surface area contributed by atoms with E-state index in [1.807, 2.05) is 68.7 Å². The molecule has 1 aliphatic heterocycles. The number of benzene rings is 3. The van der Waals surface area contributed by atoms with Crippen LogP contribution in [0.15, 0.2) is 78.0 Å². The second kappa shape index (κ2) is 9.27. The Morgan fingerprint density at radius 3 is 2.54 bits per heavy atom. The Morgan fingerprint density at radius 1 is 1.06 bits per heavy atom. The summed E-state index contributed by atoms with van der Waals surface area (Å²) < 4.78 is 22.4. The van der Waals surface area contributed by atoms with Gasteiger partial charge in [0.1, 0.15) is 35.3 Å². The molecule has 35 heavy (non-hydrogen) atoms. The van der Waals surface area contributed by atoms with Crippen LogP contribution in [0, 0.1) is 5.82 Å². The molecule has 7 heteroatoms. The minimum absolute atomic E-state index is 0.244. The van der Waals surface area contributed by atoms with Crippen LogP contribution in [-0.2, 0) is 6.54 Å². The zero-order valence-corrected chi connectivity index (χ0v) is 19.8. The third kappa shape index (κ3) is 4.26. The molecule has 0 saturated heterocycles. The van der Waals surface area contributed by atoms with Gasteiger partial charge >= 0.3 is 0 Å². The molecule has 1 aromatic heterocycles. The van der Waals surface area contributed by atoms with E-state index in [2.05, 4.69) is 14.9 Å². The first-order valence-electron chi connectivity index (χ1n) is 11.3. The monoisotopic (exact) mass is 468 g/mol. The highest BCUT2D eigenvalue weighted by atomic mass is 19.1. The molecule has 6 nitrogen and oxygen atoms in total. The van der Waals surface area contributed by atoms with E-state index >= 15 is 4.39 Å². The number of nitrogens with zero attached hydrogens (tertiary/aromatic N) is 4. The standard InChI is InChI=1S/C28H25FN4O2/c1-32(2)16-19-6-4-5-7-22(19)18-8-13-23(24(29)14-18)26-28(34)27-25(15-30-26)31-17-33(27)20-9-11-21(35-3)12-10-20/h4-15,17,26H,16H2,1-3H3. The third-order valence-electron chi connectivity index (χ3n) is 6.08. The number of aromatic nitrogens is 2. The first kappa shape index (κ1) is 22.7. The Balaban J connectivity index is 1.48. The normalized spacial score (nSPS) is 14.9. The highest BCUT2D eigenvalue weighted by Gasteiger charge is 2.32. The van der Waals surface area contributed by atoms with Crippen LogP contribution in [0.1, 0.15) is 33.4 Å². The Bertz CT molecular complexity index is 1420. The minimum Gasteiger partial charge on any atom is -0.497 e. The number of imidazole rings is 1. The molecule has 0 bridgehead atoms. The topological polar surface area (TPSA) is 59.7 Å². The van der Waals surface area contributed by atoms with Crippen LogP contribution < -0.4 is 4.74 Å². The number of Topliss-reactive ketones (excluding diaryl/α,β-unsaturated/α-hetero) is 1. The van der Waals surface area contributed by atoms with Crippen LogP contribution in [0.25, 0.3) is 16.8 Å². The molecular weight excluding hydrogens is 443 g/mol. The van der Waals surface area contributed by atoms with Crippen molar-refractivity contribution in [3.8, 4) is 22.6 Å². The second-order valence-electron chi connectivity index (χ2n) is 8.72. The van der Waals surface area contributed by atoms with E-state index < -0.39 is 11.9 Å². The van der Waals surface area contributed by atoms with E-state index in [0.29, 0.717) is 17.1 Å². The fraction of sp³-hybridized carbons (Fsp3) is 0.179. The first-order chi connectivity index (χ1) is 17.0. The van der Waals surface area contributed by atoms with Crippen LogP contribution in [0.4, 0.5) is 4.39 Å². The van der Waals surface area contributed by atoms with Crippen molar-refractivity contribution in [1.29, 1.82) is 0 Å². The van der Waals surface area contributed by atoms with E-state index in [-0.39, 0.29) is 11.3 Å². The molecule has 0 aliphatic carbocycles. The van der Waals surface area contributed by atoms with Crippen molar-refractivity contribution >= 4 is 12.0 Å². The summed E-state index contributed by atoms with van der Waals surface area (Å²) in [5, 5.41) is 0. The maximum atomic E-state index is 15.4. The number of rotatable bonds is 6. The molecule has 1 atom stereocenters. The molecule has 4 aromatic rings. The number of hydrogen-bond donors (Lipinski definition) is 0. The van der Waals surface area contributed by atoms with Crippen molar-refractivity contribution in [2.75, 3.05) is 21.2 Å². The lowest BCUT2D eigenvalue weighted by Crippen LogP contribution is -2.21. The summed E-state index contributed by atoms with van der Waals surface area (Å²) in [5.74, 6) is -0.0464. The molecule has 3 aromatic carbocycles. The molecule has 1 unspecified atom stereocenters. The quantitative estimate of drug-likeness (QED) is 0.395. The van der Waals surface area contributed by atoms with Crippen LogP contribution in [-0.4, -0.2) is 47.7 Å². The number of ether oxygens (including phenoxy) is 1. The lowest BCUT2D eigenvalue weighted by atomic mass is 9.93. The second-order valence-corrected chi connectivity index (χ2v) is 8.72. The summed E-state index contributed by atoms with van der Waals surface area (Å²) in [6, 6.07) is 19.3. The predicted octanol–water partition coefficient (Wildman–Crippen LogP) is 5.11.